The Balaban J connectivity index is 3.09. The maximum Gasteiger partial charge on any atom is 0.0994 e. The van der Waals surface area contributed by atoms with Gasteiger partial charge in [-0.15, -0.1) is 0 Å². The van der Waals surface area contributed by atoms with Crippen molar-refractivity contribution < 1.29 is 0 Å². The van der Waals surface area contributed by atoms with Gasteiger partial charge in [0.2, 0.25) is 0 Å². The normalized spacial score (nSPS) is 16.9. The van der Waals surface area contributed by atoms with Crippen LogP contribution in [0.15, 0.2) is 119 Å². The fourth-order valence-electron chi connectivity index (χ4n) is 2.46. The summed E-state index contributed by atoms with van der Waals surface area (Å²) in [6, 6.07) is 2.32. The molecule has 0 aromatic rings. The van der Waals surface area contributed by atoms with E-state index in [4.69, 9.17) is 0 Å². The summed E-state index contributed by atoms with van der Waals surface area (Å²) in [6.45, 7) is 8.15. The lowest BCUT2D eigenvalue weighted by Gasteiger charge is -2.00. The maximum absolute atomic E-state index is 9.56. The molecule has 0 aromatic carbocycles. The summed E-state index contributed by atoms with van der Waals surface area (Å²) in [7, 11) is 0. The van der Waals surface area contributed by atoms with Gasteiger partial charge in [-0.1, -0.05) is 92.0 Å². The molecule has 0 radical (unpaired) electrons. The minimum Gasteiger partial charge on any atom is -0.192 e. The van der Waals surface area contributed by atoms with Crippen LogP contribution in [0.5, 0.6) is 0 Å². The Hall–Kier alpha value is -3.11. The topological polar surface area (TPSA) is 23.8 Å². The predicted molar refractivity (Wildman–Crippen MR) is 124 cm³/mol. The molecule has 1 heteroatoms. The van der Waals surface area contributed by atoms with Crippen LogP contribution in [-0.4, -0.2) is 0 Å². The van der Waals surface area contributed by atoms with Gasteiger partial charge in [-0.3, -0.25) is 0 Å². The third kappa shape index (κ3) is 9.01. The molecule has 28 heavy (non-hydrogen) atoms. The summed E-state index contributed by atoms with van der Waals surface area (Å²) >= 11 is 0. The molecule has 1 nitrogen and oxygen atoms in total. The number of hydrogen-bond donors (Lipinski definition) is 0. The SMILES string of the molecule is C\C=C/C(/C=C/C(/C=C\CC)=C/C)=C\C=C(C)\C(C#N)=C\C1=CC=CCC=C1. The van der Waals surface area contributed by atoms with Gasteiger partial charge in [0, 0.05) is 0 Å². The van der Waals surface area contributed by atoms with Crippen LogP contribution in [0.25, 0.3) is 0 Å². The third-order valence-corrected chi connectivity index (χ3v) is 4.10. The lowest BCUT2D eigenvalue weighted by Crippen LogP contribution is -1.84. The van der Waals surface area contributed by atoms with Gasteiger partial charge >= 0.3 is 0 Å². The van der Waals surface area contributed by atoms with E-state index in [0.29, 0.717) is 5.57 Å². The van der Waals surface area contributed by atoms with E-state index < -0.39 is 0 Å². The second-order valence-electron chi connectivity index (χ2n) is 6.35. The molecule has 0 saturated carbocycles. The van der Waals surface area contributed by atoms with E-state index in [2.05, 4.69) is 67.7 Å². The minimum absolute atomic E-state index is 0.672. The number of nitrogens with zero attached hydrogens (tertiary/aromatic N) is 1. The van der Waals surface area contributed by atoms with E-state index in [1.54, 1.807) is 0 Å². The first-order valence-corrected chi connectivity index (χ1v) is 9.82. The van der Waals surface area contributed by atoms with Crippen molar-refractivity contribution >= 4 is 0 Å². The maximum atomic E-state index is 9.56. The Bertz CT molecular complexity index is 850. The second-order valence-corrected chi connectivity index (χ2v) is 6.35. The predicted octanol–water partition coefficient (Wildman–Crippen LogP) is 7.80. The highest BCUT2D eigenvalue weighted by atomic mass is 14.2. The first-order valence-electron chi connectivity index (χ1n) is 9.82. The number of allylic oxidation sites excluding steroid dienone is 20. The summed E-state index contributed by atoms with van der Waals surface area (Å²) in [5, 5.41) is 9.56. The fourth-order valence-corrected chi connectivity index (χ4v) is 2.46. The molecular weight excluding hydrogens is 338 g/mol. The lowest BCUT2D eigenvalue weighted by molar-refractivity contribution is 1.22. The van der Waals surface area contributed by atoms with Crippen molar-refractivity contribution in [3.05, 3.63) is 119 Å². The van der Waals surface area contributed by atoms with E-state index in [9.17, 15) is 5.26 Å². The van der Waals surface area contributed by atoms with Gasteiger partial charge in [0.05, 0.1) is 11.6 Å². The number of nitriles is 1. The highest BCUT2D eigenvalue weighted by molar-refractivity contribution is 5.51. The van der Waals surface area contributed by atoms with Gasteiger partial charge in [0.1, 0.15) is 0 Å². The number of hydrogen-bond acceptors (Lipinski definition) is 1. The van der Waals surface area contributed by atoms with Gasteiger partial charge in [-0.2, -0.15) is 5.26 Å². The van der Waals surface area contributed by atoms with Crippen molar-refractivity contribution in [1.29, 1.82) is 5.26 Å². The smallest absolute Gasteiger partial charge is 0.0994 e. The summed E-state index contributed by atoms with van der Waals surface area (Å²) in [5.41, 5.74) is 4.91. The Morgan fingerprint density at radius 2 is 1.86 bits per heavy atom. The quantitative estimate of drug-likeness (QED) is 0.316. The summed E-state index contributed by atoms with van der Waals surface area (Å²) < 4.78 is 0. The van der Waals surface area contributed by atoms with Crippen LogP contribution in [0.3, 0.4) is 0 Å². The molecule has 0 bridgehead atoms. The first kappa shape index (κ1) is 22.9. The van der Waals surface area contributed by atoms with Gasteiger partial charge in [0.25, 0.3) is 0 Å². The Morgan fingerprint density at radius 1 is 1.07 bits per heavy atom. The van der Waals surface area contributed by atoms with Crippen molar-refractivity contribution in [3.8, 4) is 6.07 Å². The first-order chi connectivity index (χ1) is 13.6. The van der Waals surface area contributed by atoms with Crippen LogP contribution in [0, 0.1) is 11.3 Å². The van der Waals surface area contributed by atoms with Gasteiger partial charge in [-0.25, -0.2) is 0 Å². The van der Waals surface area contributed by atoms with E-state index in [1.165, 1.54) is 5.57 Å². The summed E-state index contributed by atoms with van der Waals surface area (Å²) in [6.07, 6.45) is 32.9. The molecule has 0 N–H and O–H groups in total. The van der Waals surface area contributed by atoms with E-state index in [-0.39, 0.29) is 0 Å². The minimum atomic E-state index is 0.672. The van der Waals surface area contributed by atoms with Crippen LogP contribution in [0.1, 0.15) is 40.5 Å². The monoisotopic (exact) mass is 369 g/mol. The van der Waals surface area contributed by atoms with Crippen molar-refractivity contribution in [2.45, 2.75) is 40.5 Å². The molecule has 1 rings (SSSR count). The van der Waals surface area contributed by atoms with Crippen LogP contribution in [0.2, 0.25) is 0 Å². The zero-order valence-corrected chi connectivity index (χ0v) is 17.5. The van der Waals surface area contributed by atoms with Gasteiger partial charge < -0.3 is 0 Å². The molecule has 1 aliphatic carbocycles. The number of rotatable bonds is 8. The highest BCUT2D eigenvalue weighted by Gasteiger charge is 2.00. The molecule has 1 aliphatic rings. The molecular formula is C27H31N. The molecule has 0 saturated heterocycles. The van der Waals surface area contributed by atoms with Crippen LogP contribution in [-0.2, 0) is 0 Å². The average molecular weight is 370 g/mol. The summed E-state index contributed by atoms with van der Waals surface area (Å²) in [5.74, 6) is 0. The van der Waals surface area contributed by atoms with Crippen molar-refractivity contribution in [2.75, 3.05) is 0 Å². The Morgan fingerprint density at radius 3 is 2.54 bits per heavy atom. The van der Waals surface area contributed by atoms with Crippen molar-refractivity contribution in [3.63, 3.8) is 0 Å². The molecule has 0 atom stereocenters. The second kappa shape index (κ2) is 14.0. The van der Waals surface area contributed by atoms with E-state index in [1.807, 2.05) is 57.2 Å². The molecule has 0 unspecified atom stereocenters. The Kier molecular flexibility index (Phi) is 11.5. The molecule has 0 amide bonds. The molecule has 0 aromatic heterocycles. The molecule has 0 fully saturated rings. The molecule has 0 aliphatic heterocycles. The van der Waals surface area contributed by atoms with Crippen molar-refractivity contribution in [2.24, 2.45) is 0 Å². The lowest BCUT2D eigenvalue weighted by atomic mass is 10.0. The van der Waals surface area contributed by atoms with E-state index in [0.717, 1.165) is 29.6 Å². The zero-order chi connectivity index (χ0) is 20.6. The Labute approximate surface area is 171 Å². The molecule has 0 spiro atoms. The standard InChI is InChI=1S/C27H31N/c1-5-8-14-24(7-3)19-20-25(13-6-2)18-17-23(4)27(22-28)21-26-15-11-9-10-12-16-26/h6-9,11-21H,5,10H2,1-4H3/b13-6-,14-8-,20-19+,23-17+,24-7+,25-18+,27-21+. The van der Waals surface area contributed by atoms with Gasteiger partial charge in [-0.05, 0) is 62.0 Å². The summed E-state index contributed by atoms with van der Waals surface area (Å²) in [4.78, 5) is 0. The highest BCUT2D eigenvalue weighted by Crippen LogP contribution is 2.16. The van der Waals surface area contributed by atoms with Crippen LogP contribution < -0.4 is 0 Å². The fraction of sp³-hybridized carbons (Fsp3) is 0.222. The largest absolute Gasteiger partial charge is 0.192 e. The third-order valence-electron chi connectivity index (χ3n) is 4.10. The van der Waals surface area contributed by atoms with E-state index >= 15 is 0 Å². The van der Waals surface area contributed by atoms with Gasteiger partial charge in [0.15, 0.2) is 0 Å². The van der Waals surface area contributed by atoms with Crippen LogP contribution in [0.4, 0.5) is 0 Å². The van der Waals surface area contributed by atoms with Crippen LogP contribution >= 0.6 is 0 Å². The van der Waals surface area contributed by atoms with Crippen molar-refractivity contribution in [1.82, 2.24) is 0 Å². The molecule has 0 heterocycles. The average Bonchev–Trinajstić information content (AvgIpc) is 2.98. The molecule has 144 valence electrons. The zero-order valence-electron chi connectivity index (χ0n) is 17.5.